The molecule has 0 aliphatic carbocycles. The molecular formula is C22H18ClN3O2S. The van der Waals surface area contributed by atoms with Gasteiger partial charge in [-0.05, 0) is 35.4 Å². The number of sulfonamides is 1. The van der Waals surface area contributed by atoms with Gasteiger partial charge in [0.1, 0.15) is 0 Å². The average molecular weight is 424 g/mol. The van der Waals surface area contributed by atoms with Gasteiger partial charge < -0.3 is 0 Å². The first-order chi connectivity index (χ1) is 14.0. The van der Waals surface area contributed by atoms with Crippen molar-refractivity contribution in [3.8, 4) is 11.1 Å². The maximum absolute atomic E-state index is 12.8. The smallest absolute Gasteiger partial charge is 0.263 e. The quantitative estimate of drug-likeness (QED) is 0.471. The van der Waals surface area contributed by atoms with Gasteiger partial charge in [0.2, 0.25) is 0 Å². The van der Waals surface area contributed by atoms with Crippen molar-refractivity contribution in [2.45, 2.75) is 11.4 Å². The Labute approximate surface area is 174 Å². The van der Waals surface area contributed by atoms with Gasteiger partial charge in [-0.1, -0.05) is 72.3 Å². The van der Waals surface area contributed by atoms with Crippen molar-refractivity contribution in [2.24, 2.45) is 0 Å². The first-order valence-corrected chi connectivity index (χ1v) is 10.8. The van der Waals surface area contributed by atoms with Crippen LogP contribution in [0.3, 0.4) is 0 Å². The number of rotatable bonds is 6. The van der Waals surface area contributed by atoms with E-state index in [9.17, 15) is 8.42 Å². The number of benzene rings is 3. The lowest BCUT2D eigenvalue weighted by Crippen LogP contribution is -2.14. The number of hydrogen-bond acceptors (Lipinski definition) is 3. The van der Waals surface area contributed by atoms with Crippen LogP contribution in [0.5, 0.6) is 0 Å². The van der Waals surface area contributed by atoms with Crippen LogP contribution in [0.25, 0.3) is 11.1 Å². The van der Waals surface area contributed by atoms with E-state index in [0.29, 0.717) is 17.1 Å². The molecule has 4 aromatic rings. The van der Waals surface area contributed by atoms with E-state index in [1.807, 2.05) is 48.7 Å². The highest BCUT2D eigenvalue weighted by atomic mass is 35.5. The van der Waals surface area contributed by atoms with E-state index in [2.05, 4.69) is 9.82 Å². The molecule has 0 atom stereocenters. The topological polar surface area (TPSA) is 64.0 Å². The summed E-state index contributed by atoms with van der Waals surface area (Å²) in [7, 11) is -3.77. The average Bonchev–Trinajstić information content (AvgIpc) is 3.11. The number of nitrogens with one attached hydrogen (secondary N) is 1. The molecule has 0 aliphatic heterocycles. The van der Waals surface area contributed by atoms with E-state index in [1.54, 1.807) is 47.1 Å². The predicted molar refractivity (Wildman–Crippen MR) is 115 cm³/mol. The molecule has 0 radical (unpaired) electrons. The predicted octanol–water partition coefficient (Wildman–Crippen LogP) is 5.05. The number of hydrogen-bond donors (Lipinski definition) is 1. The molecule has 0 aliphatic rings. The minimum Gasteiger partial charge on any atom is -0.266 e. The van der Waals surface area contributed by atoms with Gasteiger partial charge in [-0.2, -0.15) is 5.10 Å². The summed E-state index contributed by atoms with van der Waals surface area (Å²) < 4.78 is 30.0. The van der Waals surface area contributed by atoms with Crippen LogP contribution < -0.4 is 4.72 Å². The molecule has 1 aromatic heterocycles. The van der Waals surface area contributed by atoms with E-state index in [4.69, 9.17) is 11.6 Å². The fourth-order valence-corrected chi connectivity index (χ4v) is 4.23. The summed E-state index contributed by atoms with van der Waals surface area (Å²) in [6.45, 7) is 0.515. The van der Waals surface area contributed by atoms with Crippen LogP contribution >= 0.6 is 11.6 Å². The molecule has 4 rings (SSSR count). The third-order valence-corrected chi connectivity index (χ3v) is 5.96. The normalized spacial score (nSPS) is 11.3. The molecule has 0 spiro atoms. The van der Waals surface area contributed by atoms with Crippen LogP contribution in [0, 0.1) is 0 Å². The second-order valence-electron chi connectivity index (χ2n) is 6.50. The molecule has 5 nitrogen and oxygen atoms in total. The fraction of sp³-hybridized carbons (Fsp3) is 0.0455. The van der Waals surface area contributed by atoms with Gasteiger partial charge in [-0.15, -0.1) is 0 Å². The minimum absolute atomic E-state index is 0.176. The number of anilines is 1. The van der Waals surface area contributed by atoms with Crippen LogP contribution in [0.1, 0.15) is 5.56 Å². The molecule has 3 aromatic carbocycles. The van der Waals surface area contributed by atoms with Gasteiger partial charge in [-0.25, -0.2) is 8.42 Å². The highest BCUT2D eigenvalue weighted by Gasteiger charge is 2.19. The fourth-order valence-electron chi connectivity index (χ4n) is 3.00. The Hall–Kier alpha value is -3.09. The standard InChI is InChI=1S/C22H18ClN3O2S/c23-19-11-7-10-18(14-19)21-16-26(15-17-8-3-1-4-9-17)24-22(21)25-29(27,28)20-12-5-2-6-13-20/h1-14,16H,15H2,(H,24,25). The van der Waals surface area contributed by atoms with E-state index in [-0.39, 0.29) is 10.7 Å². The number of nitrogens with zero attached hydrogens (tertiary/aromatic N) is 2. The van der Waals surface area contributed by atoms with Crippen molar-refractivity contribution in [2.75, 3.05) is 4.72 Å². The zero-order valence-electron chi connectivity index (χ0n) is 15.4. The number of halogens is 1. The van der Waals surface area contributed by atoms with Crippen molar-refractivity contribution < 1.29 is 8.42 Å². The molecule has 0 fully saturated rings. The van der Waals surface area contributed by atoms with Crippen molar-refractivity contribution >= 4 is 27.4 Å². The Bertz CT molecular complexity index is 1220. The Morgan fingerprint density at radius 1 is 0.897 bits per heavy atom. The Balaban J connectivity index is 1.75. The lowest BCUT2D eigenvalue weighted by atomic mass is 10.1. The third kappa shape index (κ3) is 4.50. The van der Waals surface area contributed by atoms with E-state index < -0.39 is 10.0 Å². The Morgan fingerprint density at radius 2 is 1.59 bits per heavy atom. The summed E-state index contributed by atoms with van der Waals surface area (Å²) in [6.07, 6.45) is 1.82. The van der Waals surface area contributed by atoms with Crippen LogP contribution in [-0.2, 0) is 16.6 Å². The van der Waals surface area contributed by atoms with Crippen molar-refractivity contribution in [3.05, 3.63) is 102 Å². The molecule has 1 heterocycles. The molecule has 7 heteroatoms. The zero-order valence-corrected chi connectivity index (χ0v) is 16.9. The third-order valence-electron chi connectivity index (χ3n) is 4.37. The van der Waals surface area contributed by atoms with Crippen LogP contribution in [0.15, 0.2) is 96.0 Å². The van der Waals surface area contributed by atoms with Crippen LogP contribution in [-0.4, -0.2) is 18.2 Å². The molecule has 0 saturated carbocycles. The first-order valence-electron chi connectivity index (χ1n) is 8.96. The van der Waals surface area contributed by atoms with Gasteiger partial charge in [0.15, 0.2) is 5.82 Å². The van der Waals surface area contributed by atoms with Gasteiger partial charge in [0, 0.05) is 16.8 Å². The maximum atomic E-state index is 12.8. The van der Waals surface area contributed by atoms with Crippen LogP contribution in [0.2, 0.25) is 5.02 Å². The molecule has 0 saturated heterocycles. The summed E-state index contributed by atoms with van der Waals surface area (Å²) in [5.41, 5.74) is 2.50. The summed E-state index contributed by atoms with van der Waals surface area (Å²) in [4.78, 5) is 0.176. The summed E-state index contributed by atoms with van der Waals surface area (Å²) in [5, 5.41) is 5.07. The summed E-state index contributed by atoms with van der Waals surface area (Å²) in [6, 6.07) is 25.3. The largest absolute Gasteiger partial charge is 0.266 e. The lowest BCUT2D eigenvalue weighted by molar-refractivity contribution is 0.600. The second-order valence-corrected chi connectivity index (χ2v) is 8.62. The highest BCUT2D eigenvalue weighted by Crippen LogP contribution is 2.30. The van der Waals surface area contributed by atoms with Gasteiger partial charge in [-0.3, -0.25) is 9.40 Å². The SMILES string of the molecule is O=S(=O)(Nc1nn(Cc2ccccc2)cc1-c1cccc(Cl)c1)c1ccccc1. The van der Waals surface area contributed by atoms with Gasteiger partial charge in [0.25, 0.3) is 10.0 Å². The first kappa shape index (κ1) is 19.2. The monoisotopic (exact) mass is 423 g/mol. The van der Waals surface area contributed by atoms with Crippen molar-refractivity contribution in [3.63, 3.8) is 0 Å². The number of aromatic nitrogens is 2. The molecule has 29 heavy (non-hydrogen) atoms. The summed E-state index contributed by atoms with van der Waals surface area (Å²) in [5.74, 6) is 0.257. The van der Waals surface area contributed by atoms with E-state index in [1.165, 1.54) is 0 Å². The Morgan fingerprint density at radius 3 is 2.28 bits per heavy atom. The van der Waals surface area contributed by atoms with Crippen molar-refractivity contribution in [1.29, 1.82) is 0 Å². The van der Waals surface area contributed by atoms with Gasteiger partial charge >= 0.3 is 0 Å². The van der Waals surface area contributed by atoms with Crippen molar-refractivity contribution in [1.82, 2.24) is 9.78 Å². The van der Waals surface area contributed by atoms with E-state index in [0.717, 1.165) is 11.1 Å². The highest BCUT2D eigenvalue weighted by molar-refractivity contribution is 7.92. The van der Waals surface area contributed by atoms with E-state index >= 15 is 0 Å². The summed E-state index contributed by atoms with van der Waals surface area (Å²) >= 11 is 6.15. The second kappa shape index (κ2) is 8.11. The van der Waals surface area contributed by atoms with Gasteiger partial charge in [0.05, 0.1) is 11.4 Å². The molecule has 0 amide bonds. The molecule has 1 N–H and O–H groups in total. The lowest BCUT2D eigenvalue weighted by Gasteiger charge is -2.08. The molecule has 146 valence electrons. The molecule has 0 bridgehead atoms. The molecular weight excluding hydrogens is 406 g/mol. The Kier molecular flexibility index (Phi) is 5.38. The molecule has 0 unspecified atom stereocenters. The minimum atomic E-state index is -3.77. The van der Waals surface area contributed by atoms with Crippen LogP contribution in [0.4, 0.5) is 5.82 Å². The zero-order chi connectivity index (χ0) is 20.3. The maximum Gasteiger partial charge on any atom is 0.263 e.